The molecule has 1 saturated carbocycles. The van der Waals surface area contributed by atoms with E-state index >= 15 is 0 Å². The van der Waals surface area contributed by atoms with E-state index in [-0.39, 0.29) is 23.4 Å². The number of aliphatic hydroxyl groups is 2. The predicted molar refractivity (Wildman–Crippen MR) is 44.1 cm³/mol. The van der Waals surface area contributed by atoms with Gasteiger partial charge in [-0.25, -0.2) is 0 Å². The van der Waals surface area contributed by atoms with E-state index in [2.05, 4.69) is 27.7 Å². The second-order valence-electron chi connectivity index (χ2n) is 4.67. The van der Waals surface area contributed by atoms with Gasteiger partial charge >= 0.3 is 0 Å². The molecule has 1 aliphatic rings. The smallest absolute Gasteiger partial charge is 0.0809 e. The third kappa shape index (κ3) is 1.00. The topological polar surface area (TPSA) is 40.5 Å². The molecule has 1 unspecified atom stereocenters. The van der Waals surface area contributed by atoms with Gasteiger partial charge in [-0.05, 0) is 16.7 Å². The molecule has 1 aliphatic carbocycles. The van der Waals surface area contributed by atoms with E-state index < -0.39 is 6.10 Å². The van der Waals surface area contributed by atoms with Crippen LogP contribution >= 0.6 is 0 Å². The molecule has 0 spiro atoms. The highest BCUT2D eigenvalue weighted by molar-refractivity contribution is 5.14. The zero-order chi connectivity index (χ0) is 8.86. The molecule has 0 radical (unpaired) electrons. The Kier molecular flexibility index (Phi) is 1.81. The van der Waals surface area contributed by atoms with Crippen LogP contribution in [0.5, 0.6) is 0 Å². The lowest BCUT2D eigenvalue weighted by atomic mass is 10.0. The maximum Gasteiger partial charge on any atom is 0.0809 e. The summed E-state index contributed by atoms with van der Waals surface area (Å²) >= 11 is 0. The largest absolute Gasteiger partial charge is 0.394 e. The van der Waals surface area contributed by atoms with Crippen LogP contribution in [0, 0.1) is 16.7 Å². The molecular weight excluding hydrogens is 140 g/mol. The van der Waals surface area contributed by atoms with E-state index in [0.29, 0.717) is 0 Å². The zero-order valence-corrected chi connectivity index (χ0v) is 7.76. The maximum absolute atomic E-state index is 9.42. The number of rotatable bonds is 2. The Morgan fingerprint density at radius 3 is 1.64 bits per heavy atom. The molecule has 2 heteroatoms. The summed E-state index contributed by atoms with van der Waals surface area (Å²) in [6.07, 6.45) is -0.542. The van der Waals surface area contributed by atoms with Crippen LogP contribution in [0.15, 0.2) is 0 Å². The first-order chi connectivity index (χ1) is 4.85. The number of hydrogen-bond acceptors (Lipinski definition) is 2. The third-order valence-electron chi connectivity index (χ3n) is 3.70. The van der Waals surface area contributed by atoms with E-state index in [1.165, 1.54) is 0 Å². The molecule has 1 atom stereocenters. The molecule has 1 rings (SSSR count). The second-order valence-corrected chi connectivity index (χ2v) is 4.67. The predicted octanol–water partition coefficient (Wildman–Crippen LogP) is 1.02. The Labute approximate surface area is 68.2 Å². The molecule has 1 fully saturated rings. The first kappa shape index (κ1) is 9.01. The van der Waals surface area contributed by atoms with E-state index in [9.17, 15) is 5.11 Å². The van der Waals surface area contributed by atoms with Crippen molar-refractivity contribution in [1.29, 1.82) is 0 Å². The zero-order valence-electron chi connectivity index (χ0n) is 7.76. The van der Waals surface area contributed by atoms with Crippen molar-refractivity contribution in [2.45, 2.75) is 33.8 Å². The van der Waals surface area contributed by atoms with Gasteiger partial charge in [-0.1, -0.05) is 27.7 Å². The summed E-state index contributed by atoms with van der Waals surface area (Å²) in [7, 11) is 0. The molecule has 2 N–H and O–H groups in total. The Balaban J connectivity index is 2.67. The van der Waals surface area contributed by atoms with Crippen LogP contribution in [0.3, 0.4) is 0 Å². The quantitative estimate of drug-likeness (QED) is 0.630. The van der Waals surface area contributed by atoms with Gasteiger partial charge in [0, 0.05) is 0 Å². The molecule has 0 amide bonds. The normalized spacial score (nSPS) is 30.0. The Morgan fingerprint density at radius 2 is 1.55 bits per heavy atom. The summed E-state index contributed by atoms with van der Waals surface area (Å²) in [6, 6.07) is 0. The van der Waals surface area contributed by atoms with Crippen molar-refractivity contribution in [2.24, 2.45) is 16.7 Å². The molecule has 0 heterocycles. The highest BCUT2D eigenvalue weighted by Gasteiger charge is 2.66. The van der Waals surface area contributed by atoms with Crippen molar-refractivity contribution in [3.05, 3.63) is 0 Å². The summed E-state index contributed by atoms with van der Waals surface area (Å²) in [6.45, 7) is 8.43. The highest BCUT2D eigenvalue weighted by Crippen LogP contribution is 2.69. The molecule has 0 aromatic heterocycles. The Morgan fingerprint density at radius 1 is 1.18 bits per heavy atom. The highest BCUT2D eigenvalue weighted by atomic mass is 16.3. The fraction of sp³-hybridized carbons (Fsp3) is 1.00. The Hall–Kier alpha value is -0.0800. The molecule has 0 bridgehead atoms. The summed E-state index contributed by atoms with van der Waals surface area (Å²) in [4.78, 5) is 0. The van der Waals surface area contributed by atoms with Crippen LogP contribution in [0.1, 0.15) is 27.7 Å². The molecule has 2 nitrogen and oxygen atoms in total. The van der Waals surface area contributed by atoms with Crippen molar-refractivity contribution < 1.29 is 10.2 Å². The van der Waals surface area contributed by atoms with Crippen molar-refractivity contribution >= 4 is 0 Å². The molecule has 0 aliphatic heterocycles. The van der Waals surface area contributed by atoms with Gasteiger partial charge in [-0.2, -0.15) is 0 Å². The summed E-state index contributed by atoms with van der Waals surface area (Å²) < 4.78 is 0. The van der Waals surface area contributed by atoms with Crippen LogP contribution in [0.25, 0.3) is 0 Å². The SMILES string of the molecule is CC1(C)C(C(O)CO)C1(C)C. The van der Waals surface area contributed by atoms with Gasteiger partial charge in [0.15, 0.2) is 0 Å². The summed E-state index contributed by atoms with van der Waals surface area (Å²) in [5.74, 6) is 0.250. The fourth-order valence-electron chi connectivity index (χ4n) is 2.31. The van der Waals surface area contributed by atoms with Gasteiger partial charge < -0.3 is 10.2 Å². The fourth-order valence-corrected chi connectivity index (χ4v) is 2.31. The lowest BCUT2D eigenvalue weighted by molar-refractivity contribution is 0.0628. The van der Waals surface area contributed by atoms with Gasteiger partial charge in [0.25, 0.3) is 0 Å². The summed E-state index contributed by atoms with van der Waals surface area (Å²) in [5, 5.41) is 18.2. The van der Waals surface area contributed by atoms with Gasteiger partial charge in [0.05, 0.1) is 12.7 Å². The second kappa shape index (κ2) is 2.20. The minimum absolute atomic E-state index is 0.114. The maximum atomic E-state index is 9.42. The van der Waals surface area contributed by atoms with Crippen LogP contribution in [-0.4, -0.2) is 22.9 Å². The van der Waals surface area contributed by atoms with Crippen LogP contribution < -0.4 is 0 Å². The molecule has 0 aromatic carbocycles. The van der Waals surface area contributed by atoms with E-state index in [1.807, 2.05) is 0 Å². The number of hydrogen-bond donors (Lipinski definition) is 2. The van der Waals surface area contributed by atoms with Gasteiger partial charge in [0.2, 0.25) is 0 Å². The van der Waals surface area contributed by atoms with Crippen LogP contribution in [0.2, 0.25) is 0 Å². The van der Waals surface area contributed by atoms with Crippen LogP contribution in [0.4, 0.5) is 0 Å². The van der Waals surface area contributed by atoms with Crippen molar-refractivity contribution in [3.63, 3.8) is 0 Å². The molecule has 11 heavy (non-hydrogen) atoms. The Bertz CT molecular complexity index is 147. The number of aliphatic hydroxyl groups excluding tert-OH is 2. The third-order valence-corrected chi connectivity index (χ3v) is 3.70. The van der Waals surface area contributed by atoms with E-state index in [4.69, 9.17) is 5.11 Å². The average Bonchev–Trinajstić information content (AvgIpc) is 2.24. The molecule has 0 saturated heterocycles. The lowest BCUT2D eigenvalue weighted by Crippen LogP contribution is -2.18. The van der Waals surface area contributed by atoms with Crippen molar-refractivity contribution in [3.8, 4) is 0 Å². The lowest BCUT2D eigenvalue weighted by Gasteiger charge is -2.07. The standard InChI is InChI=1S/C9H18O2/c1-8(2)7(6(11)5-10)9(8,3)4/h6-7,10-11H,5H2,1-4H3. The molecular formula is C9H18O2. The first-order valence-corrected chi connectivity index (χ1v) is 4.14. The average molecular weight is 158 g/mol. The summed E-state index contributed by atoms with van der Waals surface area (Å²) in [5.41, 5.74) is 0.351. The van der Waals surface area contributed by atoms with Crippen molar-refractivity contribution in [1.82, 2.24) is 0 Å². The van der Waals surface area contributed by atoms with E-state index in [0.717, 1.165) is 0 Å². The van der Waals surface area contributed by atoms with Gasteiger partial charge in [-0.15, -0.1) is 0 Å². The van der Waals surface area contributed by atoms with Crippen LogP contribution in [-0.2, 0) is 0 Å². The monoisotopic (exact) mass is 158 g/mol. The van der Waals surface area contributed by atoms with Gasteiger partial charge in [-0.3, -0.25) is 0 Å². The molecule has 0 aromatic rings. The minimum atomic E-state index is -0.542. The van der Waals surface area contributed by atoms with Gasteiger partial charge in [0.1, 0.15) is 0 Å². The minimum Gasteiger partial charge on any atom is -0.394 e. The van der Waals surface area contributed by atoms with E-state index in [1.54, 1.807) is 0 Å². The van der Waals surface area contributed by atoms with Crippen molar-refractivity contribution in [2.75, 3.05) is 6.61 Å². The molecule has 66 valence electrons. The first-order valence-electron chi connectivity index (χ1n) is 4.14.